The number of hydrazone groups is 1. The van der Waals surface area contributed by atoms with Crippen molar-refractivity contribution in [2.45, 2.75) is 25.7 Å². The topological polar surface area (TPSA) is 67.5 Å². The van der Waals surface area contributed by atoms with Crippen molar-refractivity contribution in [1.29, 1.82) is 0 Å². The molecule has 18 heavy (non-hydrogen) atoms. The molecular formula is C14H17N3O. The quantitative estimate of drug-likeness (QED) is 0.770. The molecule has 0 aromatic heterocycles. The highest BCUT2D eigenvalue weighted by atomic mass is 16.2. The second-order valence-corrected chi connectivity index (χ2v) is 4.32. The van der Waals surface area contributed by atoms with Crippen LogP contribution in [0.2, 0.25) is 0 Å². The first kappa shape index (κ1) is 12.4. The van der Waals surface area contributed by atoms with Crippen molar-refractivity contribution in [3.8, 4) is 0 Å². The van der Waals surface area contributed by atoms with Gasteiger partial charge in [-0.3, -0.25) is 0 Å². The molecular weight excluding hydrogens is 226 g/mol. The lowest BCUT2D eigenvalue weighted by atomic mass is 9.91. The van der Waals surface area contributed by atoms with Crippen molar-refractivity contribution < 1.29 is 4.79 Å². The van der Waals surface area contributed by atoms with Crippen molar-refractivity contribution in [3.05, 3.63) is 41.5 Å². The summed E-state index contributed by atoms with van der Waals surface area (Å²) in [5.74, 6) is 0. The van der Waals surface area contributed by atoms with Gasteiger partial charge in [-0.15, -0.1) is 0 Å². The van der Waals surface area contributed by atoms with Gasteiger partial charge in [0.2, 0.25) is 0 Å². The number of rotatable bonds is 2. The monoisotopic (exact) mass is 243 g/mol. The number of urea groups is 1. The van der Waals surface area contributed by atoms with Crippen molar-refractivity contribution in [2.24, 2.45) is 10.8 Å². The number of hydrogen-bond donors (Lipinski definition) is 2. The van der Waals surface area contributed by atoms with E-state index in [1.807, 2.05) is 18.2 Å². The summed E-state index contributed by atoms with van der Waals surface area (Å²) in [5.41, 5.74) is 10.6. The molecule has 0 unspecified atom stereocenters. The van der Waals surface area contributed by atoms with Gasteiger partial charge in [0, 0.05) is 0 Å². The summed E-state index contributed by atoms with van der Waals surface area (Å²) in [5, 5.41) is 4.08. The van der Waals surface area contributed by atoms with Crippen LogP contribution in [0.3, 0.4) is 0 Å². The van der Waals surface area contributed by atoms with E-state index in [1.165, 1.54) is 5.57 Å². The Labute approximate surface area is 107 Å². The van der Waals surface area contributed by atoms with Crippen LogP contribution in [0.15, 0.2) is 41.0 Å². The number of nitrogens with two attached hydrogens (primary N) is 1. The van der Waals surface area contributed by atoms with Crippen LogP contribution in [0.1, 0.15) is 31.2 Å². The zero-order valence-corrected chi connectivity index (χ0v) is 10.2. The van der Waals surface area contributed by atoms with Gasteiger partial charge in [-0.05, 0) is 42.9 Å². The summed E-state index contributed by atoms with van der Waals surface area (Å²) >= 11 is 0. The maximum atomic E-state index is 10.7. The standard InChI is InChI=1S/C14H17N3O/c15-14(18)17-16-13-9-5-4-8-12(13)10-11-6-2-1-3-7-11/h1-3,6-7,10H,4-5,8-9H2,(H3,15,17,18)/b12-10+,16-13+. The third kappa shape index (κ3) is 3.45. The normalized spacial score (nSPS) is 20.0. The second kappa shape index (κ2) is 6.00. The first-order valence-electron chi connectivity index (χ1n) is 6.14. The van der Waals surface area contributed by atoms with Gasteiger partial charge in [0.1, 0.15) is 0 Å². The van der Waals surface area contributed by atoms with E-state index in [0.717, 1.165) is 37.0 Å². The number of primary amides is 1. The highest BCUT2D eigenvalue weighted by Crippen LogP contribution is 2.23. The average Bonchev–Trinajstić information content (AvgIpc) is 2.39. The van der Waals surface area contributed by atoms with Crippen molar-refractivity contribution in [1.82, 2.24) is 5.43 Å². The number of nitrogens with zero attached hydrogens (tertiary/aromatic N) is 1. The van der Waals surface area contributed by atoms with Crippen LogP contribution >= 0.6 is 0 Å². The zero-order chi connectivity index (χ0) is 12.8. The zero-order valence-electron chi connectivity index (χ0n) is 10.2. The molecule has 4 nitrogen and oxygen atoms in total. The van der Waals surface area contributed by atoms with E-state index in [1.54, 1.807) is 0 Å². The summed E-state index contributed by atoms with van der Waals surface area (Å²) in [6.07, 6.45) is 6.27. The largest absolute Gasteiger partial charge is 0.350 e. The summed E-state index contributed by atoms with van der Waals surface area (Å²) in [6.45, 7) is 0. The van der Waals surface area contributed by atoms with Gasteiger partial charge in [0.15, 0.2) is 0 Å². The molecule has 4 heteroatoms. The molecule has 94 valence electrons. The summed E-state index contributed by atoms with van der Waals surface area (Å²) in [6, 6.07) is 9.50. The summed E-state index contributed by atoms with van der Waals surface area (Å²) in [4.78, 5) is 10.7. The van der Waals surface area contributed by atoms with Crippen LogP contribution in [-0.4, -0.2) is 11.7 Å². The molecule has 0 atom stereocenters. The van der Waals surface area contributed by atoms with Crippen LogP contribution in [0, 0.1) is 0 Å². The van der Waals surface area contributed by atoms with E-state index < -0.39 is 6.03 Å². The van der Waals surface area contributed by atoms with E-state index in [0.29, 0.717) is 0 Å². The molecule has 1 saturated carbocycles. The maximum Gasteiger partial charge on any atom is 0.332 e. The Morgan fingerprint density at radius 3 is 2.67 bits per heavy atom. The first-order valence-corrected chi connectivity index (χ1v) is 6.14. The van der Waals surface area contributed by atoms with Crippen LogP contribution < -0.4 is 11.2 Å². The third-order valence-electron chi connectivity index (χ3n) is 2.92. The van der Waals surface area contributed by atoms with Crippen molar-refractivity contribution in [2.75, 3.05) is 0 Å². The summed E-state index contributed by atoms with van der Waals surface area (Å²) in [7, 11) is 0. The molecule has 0 spiro atoms. The van der Waals surface area contributed by atoms with E-state index in [9.17, 15) is 4.79 Å². The van der Waals surface area contributed by atoms with Gasteiger partial charge in [0.05, 0.1) is 5.71 Å². The number of carbonyl (C=O) groups excluding carboxylic acids is 1. The molecule has 1 aliphatic carbocycles. The fraction of sp³-hybridized carbons (Fsp3) is 0.286. The Kier molecular flexibility index (Phi) is 4.12. The lowest BCUT2D eigenvalue weighted by Crippen LogP contribution is -2.26. The molecule has 1 aromatic carbocycles. The van der Waals surface area contributed by atoms with Crippen LogP contribution in [-0.2, 0) is 0 Å². The molecule has 3 N–H and O–H groups in total. The molecule has 0 radical (unpaired) electrons. The SMILES string of the molecule is NC(=O)N/N=C1\CCCC\C1=C/c1ccccc1. The fourth-order valence-corrected chi connectivity index (χ4v) is 2.07. The number of amides is 2. The molecule has 2 rings (SSSR count). The second-order valence-electron chi connectivity index (χ2n) is 4.32. The van der Waals surface area contributed by atoms with Crippen molar-refractivity contribution >= 4 is 17.8 Å². The molecule has 1 aromatic rings. The van der Waals surface area contributed by atoms with Gasteiger partial charge in [-0.25, -0.2) is 10.2 Å². The van der Waals surface area contributed by atoms with E-state index in [-0.39, 0.29) is 0 Å². The molecule has 2 amide bonds. The number of benzene rings is 1. The lowest BCUT2D eigenvalue weighted by Gasteiger charge is -2.16. The minimum atomic E-state index is -0.618. The Morgan fingerprint density at radius 1 is 1.22 bits per heavy atom. The van der Waals surface area contributed by atoms with Crippen LogP contribution in [0.4, 0.5) is 4.79 Å². The first-order chi connectivity index (χ1) is 8.75. The predicted octanol–water partition coefficient (Wildman–Crippen LogP) is 2.67. The maximum absolute atomic E-state index is 10.7. The van der Waals surface area contributed by atoms with E-state index in [2.05, 4.69) is 28.7 Å². The Hall–Kier alpha value is -2.10. The average molecular weight is 243 g/mol. The minimum Gasteiger partial charge on any atom is -0.350 e. The van der Waals surface area contributed by atoms with E-state index >= 15 is 0 Å². The molecule has 0 bridgehead atoms. The van der Waals surface area contributed by atoms with Crippen LogP contribution in [0.25, 0.3) is 6.08 Å². The smallest absolute Gasteiger partial charge is 0.332 e. The van der Waals surface area contributed by atoms with Gasteiger partial charge in [-0.2, -0.15) is 5.10 Å². The number of nitrogens with one attached hydrogen (secondary N) is 1. The number of allylic oxidation sites excluding steroid dienone is 1. The number of carbonyl (C=O) groups is 1. The van der Waals surface area contributed by atoms with Gasteiger partial charge in [-0.1, -0.05) is 30.3 Å². The molecule has 0 heterocycles. The molecule has 1 fully saturated rings. The van der Waals surface area contributed by atoms with Crippen LogP contribution in [0.5, 0.6) is 0 Å². The Bertz CT molecular complexity index is 477. The number of hydrogen-bond acceptors (Lipinski definition) is 2. The molecule has 1 aliphatic rings. The summed E-state index contributed by atoms with van der Waals surface area (Å²) < 4.78 is 0. The third-order valence-corrected chi connectivity index (χ3v) is 2.92. The van der Waals surface area contributed by atoms with Gasteiger partial charge >= 0.3 is 6.03 Å². The Balaban J connectivity index is 2.20. The lowest BCUT2D eigenvalue weighted by molar-refractivity contribution is 0.249. The van der Waals surface area contributed by atoms with Gasteiger partial charge in [0.25, 0.3) is 0 Å². The van der Waals surface area contributed by atoms with Crippen molar-refractivity contribution in [3.63, 3.8) is 0 Å². The highest BCUT2D eigenvalue weighted by molar-refractivity contribution is 6.04. The minimum absolute atomic E-state index is 0.618. The Morgan fingerprint density at radius 2 is 1.94 bits per heavy atom. The van der Waals surface area contributed by atoms with Gasteiger partial charge < -0.3 is 5.73 Å². The predicted molar refractivity (Wildman–Crippen MR) is 73.0 cm³/mol. The molecule has 0 aliphatic heterocycles. The molecule has 0 saturated heterocycles. The fourth-order valence-electron chi connectivity index (χ4n) is 2.07. The highest BCUT2D eigenvalue weighted by Gasteiger charge is 2.13. The van der Waals surface area contributed by atoms with E-state index in [4.69, 9.17) is 5.73 Å².